The van der Waals surface area contributed by atoms with Crippen molar-refractivity contribution in [3.63, 3.8) is 0 Å². The van der Waals surface area contributed by atoms with Gasteiger partial charge >= 0.3 is 7.82 Å². The summed E-state index contributed by atoms with van der Waals surface area (Å²) in [7, 11) is -2.17. The van der Waals surface area contributed by atoms with Crippen LogP contribution in [0.2, 0.25) is 0 Å². The van der Waals surface area contributed by atoms with E-state index >= 15 is 0 Å². The van der Waals surface area contributed by atoms with Crippen molar-refractivity contribution in [3.8, 4) is 17.2 Å². The molecule has 7 nitrogen and oxygen atoms in total. The molecule has 0 atom stereocenters. The minimum atomic E-state index is -4.87. The molecule has 0 radical (unpaired) electrons. The lowest BCUT2D eigenvalue weighted by molar-refractivity contribution is 0.104. The molecule has 0 amide bonds. The molecule has 1 aromatic carbocycles. The van der Waals surface area contributed by atoms with E-state index in [4.69, 9.17) is 19.3 Å². The van der Waals surface area contributed by atoms with Crippen LogP contribution in [0.25, 0.3) is 6.08 Å². The van der Waals surface area contributed by atoms with Crippen molar-refractivity contribution in [3.05, 3.63) is 46.2 Å². The maximum atomic E-state index is 12.5. The molecule has 0 saturated heterocycles. The summed E-state index contributed by atoms with van der Waals surface area (Å²) in [5, 5.41) is 1.86. The average Bonchev–Trinajstić information content (AvgIpc) is 3.03. The zero-order valence-corrected chi connectivity index (χ0v) is 14.5. The van der Waals surface area contributed by atoms with Crippen molar-refractivity contribution in [2.24, 2.45) is 0 Å². The zero-order valence-electron chi connectivity index (χ0n) is 12.8. The van der Waals surface area contributed by atoms with Gasteiger partial charge in [0, 0.05) is 17.0 Å². The molecule has 0 spiro atoms. The van der Waals surface area contributed by atoms with Gasteiger partial charge in [0.2, 0.25) is 0 Å². The van der Waals surface area contributed by atoms with Crippen LogP contribution in [-0.4, -0.2) is 29.8 Å². The first-order valence-electron chi connectivity index (χ1n) is 6.61. The number of carbonyl (C=O) groups is 1. The highest BCUT2D eigenvalue weighted by Gasteiger charge is 2.25. The second-order valence-electron chi connectivity index (χ2n) is 4.50. The van der Waals surface area contributed by atoms with E-state index in [-0.39, 0.29) is 22.8 Å². The maximum Gasteiger partial charge on any atom is 0.524 e. The molecule has 0 aliphatic rings. The van der Waals surface area contributed by atoms with Crippen LogP contribution in [0.4, 0.5) is 0 Å². The molecular formula is C15H15O7PS. The SMILES string of the molecule is COc1cc(OC)c(C(=O)/C=C/c2cccs2)c(OP(=O)(O)O)c1. The van der Waals surface area contributed by atoms with E-state index in [1.807, 2.05) is 17.5 Å². The van der Waals surface area contributed by atoms with E-state index in [0.29, 0.717) is 0 Å². The molecule has 128 valence electrons. The summed E-state index contributed by atoms with van der Waals surface area (Å²) in [4.78, 5) is 31.5. The molecule has 2 N–H and O–H groups in total. The number of thiophene rings is 1. The lowest BCUT2D eigenvalue weighted by Gasteiger charge is -2.15. The number of allylic oxidation sites excluding steroid dienone is 1. The molecule has 1 aromatic heterocycles. The van der Waals surface area contributed by atoms with Crippen LogP contribution in [-0.2, 0) is 4.57 Å². The van der Waals surface area contributed by atoms with E-state index < -0.39 is 13.6 Å². The molecule has 0 saturated carbocycles. The third-order valence-electron chi connectivity index (χ3n) is 2.90. The van der Waals surface area contributed by atoms with E-state index in [2.05, 4.69) is 4.52 Å². The Labute approximate surface area is 142 Å². The number of phosphoric acid groups is 1. The van der Waals surface area contributed by atoms with E-state index in [0.717, 1.165) is 4.88 Å². The van der Waals surface area contributed by atoms with Gasteiger partial charge in [-0.15, -0.1) is 11.3 Å². The molecule has 0 aliphatic carbocycles. The van der Waals surface area contributed by atoms with E-state index in [1.165, 1.54) is 43.8 Å². The molecule has 24 heavy (non-hydrogen) atoms. The molecule has 0 unspecified atom stereocenters. The third kappa shape index (κ3) is 4.69. The number of hydrogen-bond donors (Lipinski definition) is 2. The Morgan fingerprint density at radius 1 is 1.21 bits per heavy atom. The molecule has 1 heterocycles. The summed E-state index contributed by atoms with van der Waals surface area (Å²) in [6.07, 6.45) is 2.88. The summed E-state index contributed by atoms with van der Waals surface area (Å²) in [6.45, 7) is 0. The van der Waals surface area contributed by atoms with Crippen molar-refractivity contribution in [2.75, 3.05) is 14.2 Å². The maximum absolute atomic E-state index is 12.5. The molecule has 0 aliphatic heterocycles. The highest BCUT2D eigenvalue weighted by molar-refractivity contribution is 7.46. The monoisotopic (exact) mass is 370 g/mol. The molecule has 9 heteroatoms. The first-order chi connectivity index (χ1) is 11.3. The quantitative estimate of drug-likeness (QED) is 0.438. The fraction of sp³-hybridized carbons (Fsp3) is 0.133. The molecule has 2 aromatic rings. The Morgan fingerprint density at radius 3 is 2.46 bits per heavy atom. The fourth-order valence-electron chi connectivity index (χ4n) is 1.91. The summed E-state index contributed by atoms with van der Waals surface area (Å²) in [6, 6.07) is 6.31. The number of rotatable bonds is 7. The van der Waals surface area contributed by atoms with Crippen molar-refractivity contribution in [2.45, 2.75) is 0 Å². The van der Waals surface area contributed by atoms with Gasteiger partial charge in [-0.25, -0.2) is 4.57 Å². The Kier molecular flexibility index (Phi) is 5.80. The largest absolute Gasteiger partial charge is 0.524 e. The Hall–Kier alpha value is -2.12. The van der Waals surface area contributed by atoms with Gasteiger partial charge in [0.1, 0.15) is 22.8 Å². The second kappa shape index (κ2) is 7.63. The van der Waals surface area contributed by atoms with Gasteiger partial charge in [0.05, 0.1) is 14.2 Å². The number of carbonyl (C=O) groups excluding carboxylic acids is 1. The Bertz CT molecular complexity index is 792. The molecule has 0 fully saturated rings. The summed E-state index contributed by atoms with van der Waals surface area (Å²) >= 11 is 1.44. The van der Waals surface area contributed by atoms with E-state index in [1.54, 1.807) is 6.08 Å². The number of benzene rings is 1. The van der Waals surface area contributed by atoms with Crippen molar-refractivity contribution < 1.29 is 33.1 Å². The van der Waals surface area contributed by atoms with Gasteiger partial charge < -0.3 is 14.0 Å². The van der Waals surface area contributed by atoms with Gasteiger partial charge in [-0.2, -0.15) is 0 Å². The van der Waals surface area contributed by atoms with Crippen LogP contribution in [0.3, 0.4) is 0 Å². The number of methoxy groups -OCH3 is 2. The topological polar surface area (TPSA) is 102 Å². The number of hydrogen-bond acceptors (Lipinski definition) is 6. The van der Waals surface area contributed by atoms with Crippen LogP contribution in [0.1, 0.15) is 15.2 Å². The number of ether oxygens (including phenoxy) is 2. The van der Waals surface area contributed by atoms with Gasteiger partial charge in [-0.3, -0.25) is 14.6 Å². The predicted octanol–water partition coefficient (Wildman–Crippen LogP) is 3.13. The highest BCUT2D eigenvalue weighted by Crippen LogP contribution is 2.43. The summed E-state index contributed by atoms with van der Waals surface area (Å²) < 4.78 is 26.0. The Morgan fingerprint density at radius 2 is 1.92 bits per heavy atom. The van der Waals surface area contributed by atoms with Crippen molar-refractivity contribution in [1.82, 2.24) is 0 Å². The summed E-state index contributed by atoms with van der Waals surface area (Å²) in [5.74, 6) is -0.528. The molecule has 0 bridgehead atoms. The van der Waals surface area contributed by atoms with Crippen LogP contribution in [0.15, 0.2) is 35.7 Å². The van der Waals surface area contributed by atoms with Gasteiger partial charge in [0.15, 0.2) is 5.78 Å². The fourth-order valence-corrected chi connectivity index (χ4v) is 2.93. The normalized spacial score (nSPS) is 11.5. The first-order valence-corrected chi connectivity index (χ1v) is 9.02. The smallest absolute Gasteiger partial charge is 0.496 e. The zero-order chi connectivity index (χ0) is 17.7. The summed E-state index contributed by atoms with van der Waals surface area (Å²) in [5.41, 5.74) is -0.102. The lowest BCUT2D eigenvalue weighted by Crippen LogP contribution is -2.04. The van der Waals surface area contributed by atoms with Crippen LogP contribution in [0.5, 0.6) is 17.2 Å². The standard InChI is InChI=1S/C15H15O7PS/c1-20-10-8-13(21-2)15(14(9-10)22-23(17,18)19)12(16)6-5-11-4-3-7-24-11/h3-9H,1-2H3,(H2,17,18,19)/b6-5+. The van der Waals surface area contributed by atoms with Crippen molar-refractivity contribution >= 4 is 31.0 Å². The van der Waals surface area contributed by atoms with Crippen LogP contribution in [0, 0.1) is 0 Å². The second-order valence-corrected chi connectivity index (χ2v) is 6.64. The van der Waals surface area contributed by atoms with Crippen LogP contribution < -0.4 is 14.0 Å². The molecule has 2 rings (SSSR count). The highest BCUT2D eigenvalue weighted by atomic mass is 32.1. The van der Waals surface area contributed by atoms with Gasteiger partial charge in [0.25, 0.3) is 0 Å². The van der Waals surface area contributed by atoms with Gasteiger partial charge in [-0.05, 0) is 23.6 Å². The minimum Gasteiger partial charge on any atom is -0.496 e. The lowest BCUT2D eigenvalue weighted by atomic mass is 10.1. The third-order valence-corrected chi connectivity index (χ3v) is 4.17. The number of ketones is 1. The molecular weight excluding hydrogens is 355 g/mol. The van der Waals surface area contributed by atoms with Gasteiger partial charge in [-0.1, -0.05) is 6.07 Å². The van der Waals surface area contributed by atoms with E-state index in [9.17, 15) is 9.36 Å². The predicted molar refractivity (Wildman–Crippen MR) is 89.9 cm³/mol. The Balaban J connectivity index is 2.48. The number of phosphoric ester groups is 1. The average molecular weight is 370 g/mol. The van der Waals surface area contributed by atoms with Crippen LogP contribution >= 0.6 is 19.2 Å². The van der Waals surface area contributed by atoms with Crippen molar-refractivity contribution in [1.29, 1.82) is 0 Å². The first kappa shape index (κ1) is 18.2. The minimum absolute atomic E-state index is 0.0821.